The molecular weight excluding hydrogens is 240 g/mol. The topological polar surface area (TPSA) is 55.1 Å². The van der Waals surface area contributed by atoms with E-state index in [1.165, 1.54) is 6.20 Å². The number of nitrogens with zero attached hydrogens (tertiary/aromatic N) is 1. The van der Waals surface area contributed by atoms with E-state index in [1.54, 1.807) is 0 Å². The minimum atomic E-state index is -0.213. The normalized spacial score (nSPS) is 10.7. The standard InChI is InChI=1S/C15H18N2O2/c1-11(2)8-9-16-14(18)13-10-17-15(19-13)12-6-4-3-5-7-12/h3-7,10-11H,8-9H2,1-2H3,(H,16,18). The summed E-state index contributed by atoms with van der Waals surface area (Å²) in [4.78, 5) is 15.9. The van der Waals surface area contributed by atoms with Crippen molar-refractivity contribution in [1.29, 1.82) is 0 Å². The van der Waals surface area contributed by atoms with Crippen LogP contribution in [0.25, 0.3) is 11.5 Å². The van der Waals surface area contributed by atoms with Crippen molar-refractivity contribution in [3.63, 3.8) is 0 Å². The van der Waals surface area contributed by atoms with Gasteiger partial charge in [0, 0.05) is 12.1 Å². The maximum absolute atomic E-state index is 11.8. The number of hydrogen-bond donors (Lipinski definition) is 1. The van der Waals surface area contributed by atoms with Crippen molar-refractivity contribution >= 4 is 5.91 Å². The van der Waals surface area contributed by atoms with Crippen molar-refractivity contribution in [1.82, 2.24) is 10.3 Å². The van der Waals surface area contributed by atoms with E-state index >= 15 is 0 Å². The third-order valence-electron chi connectivity index (χ3n) is 2.76. The number of amides is 1. The highest BCUT2D eigenvalue weighted by Crippen LogP contribution is 2.18. The van der Waals surface area contributed by atoms with Crippen LogP contribution in [0.2, 0.25) is 0 Å². The summed E-state index contributed by atoms with van der Waals surface area (Å²) in [7, 11) is 0. The van der Waals surface area contributed by atoms with Crippen LogP contribution in [0.15, 0.2) is 40.9 Å². The SMILES string of the molecule is CC(C)CCNC(=O)c1cnc(-c2ccccc2)o1. The highest BCUT2D eigenvalue weighted by molar-refractivity contribution is 5.91. The number of carbonyl (C=O) groups is 1. The molecule has 19 heavy (non-hydrogen) atoms. The Morgan fingerprint density at radius 2 is 2.05 bits per heavy atom. The van der Waals surface area contributed by atoms with Crippen molar-refractivity contribution in [3.05, 3.63) is 42.3 Å². The van der Waals surface area contributed by atoms with Gasteiger partial charge in [-0.15, -0.1) is 0 Å². The highest BCUT2D eigenvalue weighted by atomic mass is 16.4. The molecular formula is C15H18N2O2. The van der Waals surface area contributed by atoms with Gasteiger partial charge in [-0.05, 0) is 24.5 Å². The average Bonchev–Trinajstić information content (AvgIpc) is 2.89. The van der Waals surface area contributed by atoms with E-state index in [0.717, 1.165) is 12.0 Å². The number of aromatic nitrogens is 1. The third kappa shape index (κ3) is 3.68. The van der Waals surface area contributed by atoms with E-state index in [2.05, 4.69) is 24.1 Å². The smallest absolute Gasteiger partial charge is 0.288 e. The molecule has 0 aliphatic rings. The predicted molar refractivity (Wildman–Crippen MR) is 73.7 cm³/mol. The summed E-state index contributed by atoms with van der Waals surface area (Å²) in [5, 5.41) is 2.82. The maximum Gasteiger partial charge on any atom is 0.288 e. The van der Waals surface area contributed by atoms with E-state index in [9.17, 15) is 4.79 Å². The molecule has 1 aromatic heterocycles. The minimum absolute atomic E-state index is 0.213. The summed E-state index contributed by atoms with van der Waals surface area (Å²) in [6.07, 6.45) is 2.42. The van der Waals surface area contributed by atoms with Crippen LogP contribution in [-0.4, -0.2) is 17.4 Å². The molecule has 2 rings (SSSR count). The van der Waals surface area contributed by atoms with Crippen LogP contribution in [0.5, 0.6) is 0 Å². The van der Waals surface area contributed by atoms with Crippen molar-refractivity contribution < 1.29 is 9.21 Å². The molecule has 0 saturated carbocycles. The molecule has 1 heterocycles. The lowest BCUT2D eigenvalue weighted by atomic mass is 10.1. The van der Waals surface area contributed by atoms with E-state index in [0.29, 0.717) is 18.4 Å². The van der Waals surface area contributed by atoms with Gasteiger partial charge in [0.1, 0.15) is 0 Å². The number of carbonyl (C=O) groups excluding carboxylic acids is 1. The van der Waals surface area contributed by atoms with Gasteiger partial charge in [-0.3, -0.25) is 4.79 Å². The molecule has 0 fully saturated rings. The Morgan fingerprint density at radius 1 is 1.32 bits per heavy atom. The van der Waals surface area contributed by atoms with Gasteiger partial charge in [0.25, 0.3) is 5.91 Å². The lowest BCUT2D eigenvalue weighted by molar-refractivity contribution is 0.0925. The van der Waals surface area contributed by atoms with Crippen molar-refractivity contribution in [2.45, 2.75) is 20.3 Å². The van der Waals surface area contributed by atoms with Crippen LogP contribution < -0.4 is 5.32 Å². The molecule has 1 aromatic carbocycles. The molecule has 0 spiro atoms. The predicted octanol–water partition coefficient (Wildman–Crippen LogP) is 3.12. The van der Waals surface area contributed by atoms with E-state index in [4.69, 9.17) is 4.42 Å². The first-order chi connectivity index (χ1) is 9.16. The Labute approximate surface area is 112 Å². The van der Waals surface area contributed by atoms with Crippen molar-refractivity contribution in [2.75, 3.05) is 6.54 Å². The molecule has 1 amide bonds. The Hall–Kier alpha value is -2.10. The van der Waals surface area contributed by atoms with E-state index in [1.807, 2.05) is 30.3 Å². The Bertz CT molecular complexity index is 532. The molecule has 0 saturated heterocycles. The number of oxazole rings is 1. The molecule has 0 radical (unpaired) electrons. The zero-order valence-corrected chi connectivity index (χ0v) is 11.2. The van der Waals surface area contributed by atoms with Gasteiger partial charge in [0.2, 0.25) is 11.7 Å². The fourth-order valence-corrected chi connectivity index (χ4v) is 1.65. The van der Waals surface area contributed by atoms with Crippen LogP contribution in [0.3, 0.4) is 0 Å². The number of rotatable bonds is 5. The Balaban J connectivity index is 1.99. The lowest BCUT2D eigenvalue weighted by Crippen LogP contribution is -2.24. The second kappa shape index (κ2) is 6.18. The highest BCUT2D eigenvalue weighted by Gasteiger charge is 2.12. The fraction of sp³-hybridized carbons (Fsp3) is 0.333. The summed E-state index contributed by atoms with van der Waals surface area (Å²) < 4.78 is 5.47. The molecule has 0 aliphatic heterocycles. The van der Waals surface area contributed by atoms with Crippen LogP contribution in [0, 0.1) is 5.92 Å². The Kier molecular flexibility index (Phi) is 4.34. The first-order valence-electron chi connectivity index (χ1n) is 6.46. The number of hydrogen-bond acceptors (Lipinski definition) is 3. The summed E-state index contributed by atoms with van der Waals surface area (Å²) in [5.74, 6) is 1.07. The van der Waals surface area contributed by atoms with Crippen LogP contribution in [0.4, 0.5) is 0 Å². The average molecular weight is 258 g/mol. The summed E-state index contributed by atoms with van der Waals surface area (Å²) in [5.41, 5.74) is 0.865. The van der Waals surface area contributed by atoms with E-state index < -0.39 is 0 Å². The van der Waals surface area contributed by atoms with Gasteiger partial charge in [0.05, 0.1) is 6.20 Å². The second-order valence-corrected chi connectivity index (χ2v) is 4.83. The van der Waals surface area contributed by atoms with Gasteiger partial charge >= 0.3 is 0 Å². The summed E-state index contributed by atoms with van der Waals surface area (Å²) in [6, 6.07) is 9.52. The van der Waals surface area contributed by atoms with E-state index in [-0.39, 0.29) is 11.7 Å². The molecule has 1 N–H and O–H groups in total. The summed E-state index contributed by atoms with van der Waals surface area (Å²) in [6.45, 7) is 4.89. The number of nitrogens with one attached hydrogen (secondary N) is 1. The second-order valence-electron chi connectivity index (χ2n) is 4.83. The zero-order valence-electron chi connectivity index (χ0n) is 11.2. The van der Waals surface area contributed by atoms with Crippen molar-refractivity contribution in [3.8, 4) is 11.5 Å². The molecule has 0 aliphatic carbocycles. The number of benzene rings is 1. The van der Waals surface area contributed by atoms with Gasteiger partial charge in [-0.2, -0.15) is 0 Å². The molecule has 100 valence electrons. The molecule has 0 atom stereocenters. The first-order valence-corrected chi connectivity index (χ1v) is 6.46. The minimum Gasteiger partial charge on any atom is -0.431 e. The maximum atomic E-state index is 11.8. The molecule has 4 nitrogen and oxygen atoms in total. The molecule has 2 aromatic rings. The summed E-state index contributed by atoms with van der Waals surface area (Å²) >= 11 is 0. The third-order valence-corrected chi connectivity index (χ3v) is 2.76. The molecule has 0 bridgehead atoms. The van der Waals surface area contributed by atoms with Crippen LogP contribution in [-0.2, 0) is 0 Å². The quantitative estimate of drug-likeness (QED) is 0.896. The zero-order chi connectivity index (χ0) is 13.7. The van der Waals surface area contributed by atoms with Gasteiger partial charge in [0.15, 0.2) is 0 Å². The van der Waals surface area contributed by atoms with Gasteiger partial charge in [-0.25, -0.2) is 4.98 Å². The molecule has 0 unspecified atom stereocenters. The monoisotopic (exact) mass is 258 g/mol. The first kappa shape index (κ1) is 13.3. The van der Waals surface area contributed by atoms with Crippen molar-refractivity contribution in [2.24, 2.45) is 5.92 Å². The lowest BCUT2D eigenvalue weighted by Gasteiger charge is -2.04. The van der Waals surface area contributed by atoms with Crippen LogP contribution in [0.1, 0.15) is 30.8 Å². The van der Waals surface area contributed by atoms with Crippen LogP contribution >= 0.6 is 0 Å². The Morgan fingerprint density at radius 3 is 2.74 bits per heavy atom. The largest absolute Gasteiger partial charge is 0.431 e. The molecule has 4 heteroatoms. The van der Waals surface area contributed by atoms with Gasteiger partial charge < -0.3 is 9.73 Å². The van der Waals surface area contributed by atoms with Gasteiger partial charge in [-0.1, -0.05) is 32.0 Å². The fourth-order valence-electron chi connectivity index (χ4n) is 1.65.